The predicted molar refractivity (Wildman–Crippen MR) is 71.6 cm³/mol. The molecule has 90 valence electrons. The van der Waals surface area contributed by atoms with Crippen molar-refractivity contribution in [1.29, 1.82) is 0 Å². The second-order valence-corrected chi connectivity index (χ2v) is 6.32. The number of carbonyl (C=O) groups is 1. The molecule has 0 aliphatic carbocycles. The van der Waals surface area contributed by atoms with Crippen molar-refractivity contribution >= 4 is 33.2 Å². The SMILES string of the molecule is CC(CC(=O)N(C)C)NCc1csc(Br)c1. The molecule has 1 atom stereocenters. The van der Waals surface area contributed by atoms with E-state index in [1.807, 2.05) is 6.92 Å². The van der Waals surface area contributed by atoms with E-state index in [0.717, 1.165) is 10.3 Å². The van der Waals surface area contributed by atoms with Crippen molar-refractivity contribution in [3.05, 3.63) is 20.8 Å². The average Bonchev–Trinajstić information content (AvgIpc) is 2.61. The highest BCUT2D eigenvalue weighted by molar-refractivity contribution is 9.11. The maximum Gasteiger partial charge on any atom is 0.223 e. The molecule has 0 radical (unpaired) electrons. The first-order valence-corrected chi connectivity index (χ1v) is 6.82. The molecule has 1 amide bonds. The fourth-order valence-electron chi connectivity index (χ4n) is 1.25. The minimum atomic E-state index is 0.159. The number of nitrogens with one attached hydrogen (secondary N) is 1. The largest absolute Gasteiger partial charge is 0.349 e. The first-order chi connectivity index (χ1) is 7.49. The summed E-state index contributed by atoms with van der Waals surface area (Å²) < 4.78 is 1.14. The smallest absolute Gasteiger partial charge is 0.223 e. The van der Waals surface area contributed by atoms with Crippen LogP contribution in [-0.2, 0) is 11.3 Å². The molecule has 1 heterocycles. The zero-order chi connectivity index (χ0) is 12.1. The van der Waals surface area contributed by atoms with Crippen LogP contribution >= 0.6 is 27.3 Å². The minimum Gasteiger partial charge on any atom is -0.349 e. The van der Waals surface area contributed by atoms with E-state index in [1.54, 1.807) is 30.3 Å². The maximum absolute atomic E-state index is 11.4. The van der Waals surface area contributed by atoms with Crippen molar-refractivity contribution in [2.24, 2.45) is 0 Å². The van der Waals surface area contributed by atoms with Gasteiger partial charge in [-0.1, -0.05) is 0 Å². The number of amides is 1. The van der Waals surface area contributed by atoms with Crippen molar-refractivity contribution in [1.82, 2.24) is 10.2 Å². The Labute approximate surface area is 109 Å². The van der Waals surface area contributed by atoms with Gasteiger partial charge in [0.05, 0.1) is 3.79 Å². The summed E-state index contributed by atoms with van der Waals surface area (Å²) in [5.74, 6) is 0.159. The lowest BCUT2D eigenvalue weighted by Crippen LogP contribution is -2.32. The Bertz CT molecular complexity index is 352. The van der Waals surface area contributed by atoms with Crippen LogP contribution in [0.25, 0.3) is 0 Å². The lowest BCUT2D eigenvalue weighted by molar-refractivity contribution is -0.129. The fraction of sp³-hybridized carbons (Fsp3) is 0.545. The molecule has 1 aromatic rings. The Morgan fingerprint density at radius 1 is 1.62 bits per heavy atom. The minimum absolute atomic E-state index is 0.159. The Hall–Kier alpha value is -0.390. The molecule has 0 saturated heterocycles. The Kier molecular flexibility index (Phi) is 5.44. The summed E-state index contributed by atoms with van der Waals surface area (Å²) in [4.78, 5) is 13.1. The van der Waals surface area contributed by atoms with E-state index in [1.165, 1.54) is 5.56 Å². The van der Waals surface area contributed by atoms with Crippen LogP contribution in [0.15, 0.2) is 15.2 Å². The van der Waals surface area contributed by atoms with Crippen LogP contribution in [0.4, 0.5) is 0 Å². The van der Waals surface area contributed by atoms with Gasteiger partial charge in [-0.2, -0.15) is 0 Å². The molecule has 0 aromatic carbocycles. The van der Waals surface area contributed by atoms with Crippen LogP contribution in [0.3, 0.4) is 0 Å². The van der Waals surface area contributed by atoms with Crippen LogP contribution in [0.5, 0.6) is 0 Å². The van der Waals surface area contributed by atoms with Crippen LogP contribution < -0.4 is 5.32 Å². The van der Waals surface area contributed by atoms with E-state index >= 15 is 0 Å². The van der Waals surface area contributed by atoms with E-state index in [4.69, 9.17) is 0 Å². The molecule has 3 nitrogen and oxygen atoms in total. The van der Waals surface area contributed by atoms with Gasteiger partial charge in [0.15, 0.2) is 0 Å². The fourth-order valence-corrected chi connectivity index (χ4v) is 2.46. The number of carbonyl (C=O) groups excluding carboxylic acids is 1. The molecule has 0 fully saturated rings. The molecule has 1 aromatic heterocycles. The van der Waals surface area contributed by atoms with Crippen molar-refractivity contribution in [2.75, 3.05) is 14.1 Å². The summed E-state index contributed by atoms with van der Waals surface area (Å²) in [6.45, 7) is 2.84. The first kappa shape index (κ1) is 13.7. The quantitative estimate of drug-likeness (QED) is 0.906. The summed E-state index contributed by atoms with van der Waals surface area (Å²) in [7, 11) is 3.57. The number of thiophene rings is 1. The lowest BCUT2D eigenvalue weighted by Gasteiger charge is -2.16. The van der Waals surface area contributed by atoms with Gasteiger partial charge in [0.1, 0.15) is 0 Å². The van der Waals surface area contributed by atoms with Gasteiger partial charge in [0, 0.05) is 33.1 Å². The van der Waals surface area contributed by atoms with E-state index in [0.29, 0.717) is 6.42 Å². The number of nitrogens with zero attached hydrogens (tertiary/aromatic N) is 1. The number of hydrogen-bond acceptors (Lipinski definition) is 3. The molecule has 5 heteroatoms. The molecule has 1 N–H and O–H groups in total. The standard InChI is InChI=1S/C11H17BrN2OS/c1-8(4-11(15)14(2)3)13-6-9-5-10(12)16-7-9/h5,7-8,13H,4,6H2,1-3H3. The van der Waals surface area contributed by atoms with Crippen LogP contribution in [0.1, 0.15) is 18.9 Å². The first-order valence-electron chi connectivity index (χ1n) is 5.15. The molecule has 1 unspecified atom stereocenters. The van der Waals surface area contributed by atoms with Gasteiger partial charge in [-0.05, 0) is 39.9 Å². The summed E-state index contributed by atoms with van der Waals surface area (Å²) in [5, 5.41) is 5.45. The van der Waals surface area contributed by atoms with Gasteiger partial charge in [-0.15, -0.1) is 11.3 Å². The number of hydrogen-bond donors (Lipinski definition) is 1. The van der Waals surface area contributed by atoms with Crippen LogP contribution in [-0.4, -0.2) is 30.9 Å². The Balaban J connectivity index is 2.30. The molecule has 0 saturated carbocycles. The van der Waals surface area contributed by atoms with E-state index in [2.05, 4.69) is 32.7 Å². The highest BCUT2D eigenvalue weighted by atomic mass is 79.9. The molecule has 1 rings (SSSR count). The summed E-state index contributed by atoms with van der Waals surface area (Å²) in [5.41, 5.74) is 1.25. The third-order valence-electron chi connectivity index (χ3n) is 2.26. The average molecular weight is 305 g/mol. The predicted octanol–water partition coefficient (Wildman–Crippen LogP) is 2.47. The van der Waals surface area contributed by atoms with Gasteiger partial charge in [-0.25, -0.2) is 0 Å². The van der Waals surface area contributed by atoms with Crippen molar-refractivity contribution < 1.29 is 4.79 Å². The highest BCUT2D eigenvalue weighted by Gasteiger charge is 2.10. The van der Waals surface area contributed by atoms with Gasteiger partial charge in [0.25, 0.3) is 0 Å². The molecular weight excluding hydrogens is 288 g/mol. The van der Waals surface area contributed by atoms with Crippen LogP contribution in [0.2, 0.25) is 0 Å². The normalized spacial score (nSPS) is 12.5. The number of halogens is 1. The van der Waals surface area contributed by atoms with Crippen molar-refractivity contribution in [3.8, 4) is 0 Å². The van der Waals surface area contributed by atoms with Gasteiger partial charge in [-0.3, -0.25) is 4.79 Å². The Morgan fingerprint density at radius 3 is 2.81 bits per heavy atom. The molecule has 0 aliphatic rings. The third kappa shape index (κ3) is 4.63. The van der Waals surface area contributed by atoms with E-state index in [-0.39, 0.29) is 11.9 Å². The van der Waals surface area contributed by atoms with Gasteiger partial charge < -0.3 is 10.2 Å². The third-order valence-corrected chi connectivity index (χ3v) is 3.81. The van der Waals surface area contributed by atoms with Crippen molar-refractivity contribution in [3.63, 3.8) is 0 Å². The Morgan fingerprint density at radius 2 is 2.31 bits per heavy atom. The van der Waals surface area contributed by atoms with Crippen LogP contribution in [0, 0.1) is 0 Å². The van der Waals surface area contributed by atoms with E-state index in [9.17, 15) is 4.79 Å². The topological polar surface area (TPSA) is 32.3 Å². The second kappa shape index (κ2) is 6.37. The second-order valence-electron chi connectivity index (χ2n) is 4.03. The van der Waals surface area contributed by atoms with E-state index < -0.39 is 0 Å². The zero-order valence-corrected chi connectivity index (χ0v) is 12.2. The summed E-state index contributed by atoms with van der Waals surface area (Å²) in [6.07, 6.45) is 0.540. The number of rotatable bonds is 5. The zero-order valence-electron chi connectivity index (χ0n) is 9.79. The summed E-state index contributed by atoms with van der Waals surface area (Å²) >= 11 is 5.10. The lowest BCUT2D eigenvalue weighted by atomic mass is 10.2. The monoisotopic (exact) mass is 304 g/mol. The maximum atomic E-state index is 11.4. The van der Waals surface area contributed by atoms with Gasteiger partial charge >= 0.3 is 0 Å². The molecule has 16 heavy (non-hydrogen) atoms. The molecule has 0 spiro atoms. The molecule has 0 aliphatic heterocycles. The molecule has 0 bridgehead atoms. The molecular formula is C11H17BrN2OS. The van der Waals surface area contributed by atoms with Crippen molar-refractivity contribution in [2.45, 2.75) is 25.9 Å². The van der Waals surface area contributed by atoms with Gasteiger partial charge in [0.2, 0.25) is 5.91 Å². The summed E-state index contributed by atoms with van der Waals surface area (Å²) in [6, 6.07) is 2.30. The highest BCUT2D eigenvalue weighted by Crippen LogP contribution is 2.20.